The van der Waals surface area contributed by atoms with E-state index in [0.29, 0.717) is 12.8 Å². The van der Waals surface area contributed by atoms with E-state index in [2.05, 4.69) is 19.6 Å². The molecular formula is C17H27NO3SSi. The predicted molar refractivity (Wildman–Crippen MR) is 95.6 cm³/mol. The van der Waals surface area contributed by atoms with Crippen molar-refractivity contribution in [3.05, 3.63) is 29.8 Å². The van der Waals surface area contributed by atoms with Gasteiger partial charge in [-0.05, 0) is 38.8 Å². The Kier molecular flexibility index (Phi) is 4.54. The second-order valence-electron chi connectivity index (χ2n) is 7.89. The summed E-state index contributed by atoms with van der Waals surface area (Å²) >= 11 is 0. The molecule has 1 fully saturated rings. The van der Waals surface area contributed by atoms with E-state index < -0.39 is 23.6 Å². The quantitative estimate of drug-likeness (QED) is 0.774. The fraction of sp³-hybridized carbons (Fsp3) is 0.588. The second kappa shape index (κ2) is 5.74. The Labute approximate surface area is 141 Å². The van der Waals surface area contributed by atoms with Gasteiger partial charge in [-0.3, -0.25) is 4.79 Å². The highest BCUT2D eigenvalue weighted by atomic mass is 32.2. The van der Waals surface area contributed by atoms with Gasteiger partial charge in [-0.25, -0.2) is 12.7 Å². The van der Waals surface area contributed by atoms with Crippen LogP contribution in [-0.2, 0) is 14.8 Å². The van der Waals surface area contributed by atoms with Gasteiger partial charge in [0.1, 0.15) is 0 Å². The van der Waals surface area contributed by atoms with Crippen molar-refractivity contribution in [2.24, 2.45) is 0 Å². The van der Waals surface area contributed by atoms with Crippen molar-refractivity contribution in [1.82, 2.24) is 4.31 Å². The van der Waals surface area contributed by atoms with Crippen LogP contribution in [0, 0.1) is 6.92 Å². The number of carbonyl (C=O) groups excluding carboxylic acids is 1. The summed E-state index contributed by atoms with van der Waals surface area (Å²) in [6.07, 6.45) is 1.26. The molecule has 0 aromatic heterocycles. The van der Waals surface area contributed by atoms with E-state index in [9.17, 15) is 13.2 Å². The molecule has 0 spiro atoms. The Morgan fingerprint density at radius 3 is 2.17 bits per heavy atom. The summed E-state index contributed by atoms with van der Waals surface area (Å²) in [6, 6.07) is 6.73. The molecule has 0 radical (unpaired) electrons. The van der Waals surface area contributed by atoms with E-state index in [4.69, 9.17) is 0 Å². The van der Waals surface area contributed by atoms with Gasteiger partial charge in [0.2, 0.25) is 5.91 Å². The summed E-state index contributed by atoms with van der Waals surface area (Å²) in [5.74, 6) is -0.214. The number of rotatable bonds is 4. The largest absolute Gasteiger partial charge is 0.274 e. The molecule has 128 valence electrons. The Bertz CT molecular complexity index is 706. The van der Waals surface area contributed by atoms with Gasteiger partial charge < -0.3 is 0 Å². The van der Waals surface area contributed by atoms with Crippen molar-refractivity contribution in [1.29, 1.82) is 0 Å². The van der Waals surface area contributed by atoms with Crippen LogP contribution in [0.3, 0.4) is 0 Å². The van der Waals surface area contributed by atoms with Gasteiger partial charge in [-0.2, -0.15) is 0 Å². The number of carbonyl (C=O) groups is 1. The van der Waals surface area contributed by atoms with Crippen LogP contribution in [0.25, 0.3) is 0 Å². The maximum atomic E-state index is 13.1. The molecule has 0 saturated carbocycles. The van der Waals surface area contributed by atoms with Gasteiger partial charge in [0.25, 0.3) is 10.0 Å². The zero-order valence-corrected chi connectivity index (χ0v) is 16.7. The van der Waals surface area contributed by atoms with Crippen molar-refractivity contribution in [2.75, 3.05) is 0 Å². The van der Waals surface area contributed by atoms with E-state index in [0.717, 1.165) is 5.56 Å². The van der Waals surface area contributed by atoms with Crippen molar-refractivity contribution in [3.63, 3.8) is 0 Å². The molecule has 2 rings (SSSR count). The lowest BCUT2D eigenvalue weighted by atomic mass is 9.97. The third kappa shape index (κ3) is 3.11. The summed E-state index contributed by atoms with van der Waals surface area (Å²) in [6.45, 7) is 12.2. The van der Waals surface area contributed by atoms with E-state index in [1.165, 1.54) is 4.31 Å². The third-order valence-electron chi connectivity index (χ3n) is 5.00. The Hall–Kier alpha value is -1.14. The number of amides is 1. The van der Waals surface area contributed by atoms with Gasteiger partial charge in [-0.1, -0.05) is 44.3 Å². The van der Waals surface area contributed by atoms with Gasteiger partial charge in [0, 0.05) is 5.54 Å². The summed E-state index contributed by atoms with van der Waals surface area (Å²) in [7, 11) is -5.59. The summed E-state index contributed by atoms with van der Waals surface area (Å²) in [5, 5.41) is 0. The van der Waals surface area contributed by atoms with Crippen LogP contribution >= 0.6 is 0 Å². The first-order valence-electron chi connectivity index (χ1n) is 8.09. The van der Waals surface area contributed by atoms with Crippen LogP contribution in [0.4, 0.5) is 0 Å². The standard InChI is InChI=1S/C17H27NO3SSi/c1-7-17(3)12-15(23(4,5)6)16(19)18(17)22(20,21)14-10-8-13(2)9-11-14/h8-11,15H,7,12H2,1-6H3. The van der Waals surface area contributed by atoms with Gasteiger partial charge >= 0.3 is 0 Å². The van der Waals surface area contributed by atoms with Gasteiger partial charge in [0.15, 0.2) is 0 Å². The Balaban J connectivity index is 2.54. The molecule has 0 bridgehead atoms. The summed E-state index contributed by atoms with van der Waals surface area (Å²) in [4.78, 5) is 13.2. The van der Waals surface area contributed by atoms with Crippen LogP contribution in [0.15, 0.2) is 29.2 Å². The number of nitrogens with zero attached hydrogens (tertiary/aromatic N) is 1. The zero-order chi connectivity index (χ0) is 17.6. The minimum atomic E-state index is -3.81. The highest BCUT2D eigenvalue weighted by molar-refractivity contribution is 7.89. The molecule has 1 aromatic rings. The van der Waals surface area contributed by atoms with Crippen molar-refractivity contribution >= 4 is 24.0 Å². The monoisotopic (exact) mass is 353 g/mol. The lowest BCUT2D eigenvalue weighted by Gasteiger charge is -2.33. The molecule has 6 heteroatoms. The fourth-order valence-corrected chi connectivity index (χ4v) is 7.06. The highest BCUT2D eigenvalue weighted by Gasteiger charge is 2.55. The first kappa shape index (κ1) is 18.2. The van der Waals surface area contributed by atoms with E-state index in [1.54, 1.807) is 24.3 Å². The summed E-state index contributed by atoms with van der Waals surface area (Å²) in [5.41, 5.74) is 0.216. The number of hydrogen-bond donors (Lipinski definition) is 0. The Morgan fingerprint density at radius 1 is 1.22 bits per heavy atom. The predicted octanol–water partition coefficient (Wildman–Crippen LogP) is 3.79. The molecule has 1 aliphatic heterocycles. The smallest absolute Gasteiger partial charge is 0.266 e. The van der Waals surface area contributed by atoms with E-state index in [-0.39, 0.29) is 16.3 Å². The molecule has 23 heavy (non-hydrogen) atoms. The molecule has 0 N–H and O–H groups in total. The molecule has 0 aliphatic carbocycles. The zero-order valence-electron chi connectivity index (χ0n) is 14.9. The van der Waals surface area contributed by atoms with Crippen LogP contribution in [0.5, 0.6) is 0 Å². The number of aryl methyl sites for hydroxylation is 1. The molecule has 4 nitrogen and oxygen atoms in total. The number of hydrogen-bond acceptors (Lipinski definition) is 3. The Morgan fingerprint density at radius 2 is 1.74 bits per heavy atom. The van der Waals surface area contributed by atoms with Gasteiger partial charge in [0.05, 0.1) is 18.5 Å². The first-order chi connectivity index (χ1) is 10.4. The van der Waals surface area contributed by atoms with Crippen LogP contribution in [0.2, 0.25) is 25.2 Å². The van der Waals surface area contributed by atoms with Crippen LogP contribution < -0.4 is 0 Å². The van der Waals surface area contributed by atoms with Crippen LogP contribution in [-0.4, -0.2) is 32.2 Å². The maximum Gasteiger partial charge on any atom is 0.266 e. The topological polar surface area (TPSA) is 54.5 Å². The van der Waals surface area contributed by atoms with E-state index >= 15 is 0 Å². The van der Waals surface area contributed by atoms with Crippen molar-refractivity contribution < 1.29 is 13.2 Å². The van der Waals surface area contributed by atoms with Gasteiger partial charge in [-0.15, -0.1) is 0 Å². The summed E-state index contributed by atoms with van der Waals surface area (Å²) < 4.78 is 27.4. The first-order valence-corrected chi connectivity index (χ1v) is 13.1. The molecule has 1 aromatic carbocycles. The minimum absolute atomic E-state index is 0.146. The molecular weight excluding hydrogens is 326 g/mol. The maximum absolute atomic E-state index is 13.1. The molecule has 1 amide bonds. The number of sulfonamides is 1. The normalized spacial score (nSPS) is 25.9. The molecule has 2 unspecified atom stereocenters. The average Bonchev–Trinajstić information content (AvgIpc) is 2.72. The lowest BCUT2D eigenvalue weighted by molar-refractivity contribution is -0.125. The fourth-order valence-electron chi connectivity index (χ4n) is 3.21. The molecule has 2 atom stereocenters. The second-order valence-corrected chi connectivity index (χ2v) is 15.1. The van der Waals surface area contributed by atoms with E-state index in [1.807, 2.05) is 20.8 Å². The minimum Gasteiger partial charge on any atom is -0.274 e. The number of benzene rings is 1. The average molecular weight is 354 g/mol. The van der Waals surface area contributed by atoms with Crippen molar-refractivity contribution in [2.45, 2.75) is 69.2 Å². The SMILES string of the molecule is CCC1(C)CC([Si](C)(C)C)C(=O)N1S(=O)(=O)c1ccc(C)cc1. The van der Waals surface area contributed by atoms with Crippen LogP contribution in [0.1, 0.15) is 32.3 Å². The lowest BCUT2D eigenvalue weighted by Crippen LogP contribution is -2.47. The highest BCUT2D eigenvalue weighted by Crippen LogP contribution is 2.47. The molecule has 1 saturated heterocycles. The van der Waals surface area contributed by atoms with Crippen molar-refractivity contribution in [3.8, 4) is 0 Å². The molecule has 1 aliphatic rings. The third-order valence-corrected chi connectivity index (χ3v) is 9.51. The molecule has 1 heterocycles.